The lowest BCUT2D eigenvalue weighted by Gasteiger charge is -2.11. The van der Waals surface area contributed by atoms with Gasteiger partial charge in [0.15, 0.2) is 11.0 Å². The predicted molar refractivity (Wildman–Crippen MR) is 74.5 cm³/mol. The summed E-state index contributed by atoms with van der Waals surface area (Å²) in [7, 11) is 1.46. The predicted octanol–water partition coefficient (Wildman–Crippen LogP) is 2.67. The van der Waals surface area contributed by atoms with Gasteiger partial charge in [-0.2, -0.15) is 0 Å². The zero-order chi connectivity index (χ0) is 13.8. The number of methoxy groups -OCH3 is 1. The largest absolute Gasteiger partial charge is 0.497 e. The van der Waals surface area contributed by atoms with E-state index in [-0.39, 0.29) is 5.69 Å². The lowest BCUT2D eigenvalue weighted by molar-refractivity contribution is 0.412. The number of nitrogens with two attached hydrogens (primary N) is 1. The van der Waals surface area contributed by atoms with Crippen LogP contribution < -0.4 is 15.8 Å². The summed E-state index contributed by atoms with van der Waals surface area (Å²) in [6, 6.07) is 4.52. The second-order valence-corrected chi connectivity index (χ2v) is 4.40. The molecule has 0 spiro atoms. The molecule has 3 N–H and O–H groups in total. The minimum atomic E-state index is -0.541. The van der Waals surface area contributed by atoms with E-state index in [9.17, 15) is 4.39 Å². The fourth-order valence-corrected chi connectivity index (χ4v) is 1.82. The van der Waals surface area contributed by atoms with Crippen molar-refractivity contribution >= 4 is 29.0 Å². The number of ether oxygens (including phenoxy) is 1. The van der Waals surface area contributed by atoms with E-state index in [1.807, 2.05) is 6.26 Å². The second kappa shape index (κ2) is 5.75. The second-order valence-electron chi connectivity index (χ2n) is 3.62. The highest BCUT2D eigenvalue weighted by Crippen LogP contribution is 2.30. The van der Waals surface area contributed by atoms with E-state index in [0.717, 1.165) is 0 Å². The number of benzene rings is 1. The number of aromatic nitrogens is 2. The number of nitrogen functional groups attached to an aromatic ring is 1. The van der Waals surface area contributed by atoms with E-state index < -0.39 is 5.82 Å². The quantitative estimate of drug-likeness (QED) is 0.509. The van der Waals surface area contributed by atoms with Gasteiger partial charge in [-0.1, -0.05) is 11.8 Å². The maximum atomic E-state index is 13.6. The molecular formula is C12H13FN4OS. The van der Waals surface area contributed by atoms with Crippen LogP contribution in [-0.4, -0.2) is 23.3 Å². The summed E-state index contributed by atoms with van der Waals surface area (Å²) in [5, 5.41) is 3.57. The number of rotatable bonds is 4. The van der Waals surface area contributed by atoms with Crippen LogP contribution >= 0.6 is 11.8 Å². The maximum absolute atomic E-state index is 13.6. The van der Waals surface area contributed by atoms with Gasteiger partial charge >= 0.3 is 0 Å². The van der Waals surface area contributed by atoms with Crippen molar-refractivity contribution in [1.29, 1.82) is 0 Å². The molecule has 0 fully saturated rings. The highest BCUT2D eigenvalue weighted by atomic mass is 32.2. The van der Waals surface area contributed by atoms with Crippen LogP contribution in [0.2, 0.25) is 0 Å². The minimum absolute atomic E-state index is 0.0186. The van der Waals surface area contributed by atoms with E-state index in [2.05, 4.69) is 15.3 Å². The van der Waals surface area contributed by atoms with Gasteiger partial charge in [-0.25, -0.2) is 14.4 Å². The van der Waals surface area contributed by atoms with Crippen molar-refractivity contribution in [3.8, 4) is 5.75 Å². The summed E-state index contributed by atoms with van der Waals surface area (Å²) in [6.07, 6.45) is 3.49. The van der Waals surface area contributed by atoms with Crippen LogP contribution in [0.3, 0.4) is 0 Å². The number of thioether (sulfide) groups is 1. The smallest absolute Gasteiger partial charge is 0.189 e. The molecule has 1 heterocycles. The lowest BCUT2D eigenvalue weighted by atomic mass is 10.2. The number of hydrogen-bond donors (Lipinski definition) is 2. The van der Waals surface area contributed by atoms with Crippen LogP contribution in [0.1, 0.15) is 0 Å². The molecular weight excluding hydrogens is 267 g/mol. The molecule has 2 aromatic rings. The fourth-order valence-electron chi connectivity index (χ4n) is 1.46. The molecule has 1 aromatic heterocycles. The monoisotopic (exact) mass is 280 g/mol. The molecule has 0 aliphatic heterocycles. The van der Waals surface area contributed by atoms with Crippen molar-refractivity contribution in [1.82, 2.24) is 9.97 Å². The number of nitrogens with one attached hydrogen (secondary N) is 1. The Bertz CT molecular complexity index is 594. The molecule has 2 rings (SSSR count). The van der Waals surface area contributed by atoms with Gasteiger partial charge in [0.25, 0.3) is 0 Å². The molecule has 0 saturated carbocycles. The molecule has 0 aliphatic rings. The zero-order valence-electron chi connectivity index (χ0n) is 10.5. The van der Waals surface area contributed by atoms with E-state index in [0.29, 0.717) is 22.4 Å². The average molecular weight is 280 g/mol. The molecule has 19 heavy (non-hydrogen) atoms. The van der Waals surface area contributed by atoms with Gasteiger partial charge < -0.3 is 15.8 Å². The molecule has 0 amide bonds. The number of hydrogen-bond acceptors (Lipinski definition) is 6. The Morgan fingerprint density at radius 2 is 2.21 bits per heavy atom. The average Bonchev–Trinajstić information content (AvgIpc) is 2.43. The standard InChI is InChI=1S/C12H13FN4OS/c1-18-7-5-8(13)11(14)9(6-7)16-10-3-4-15-12(17-10)19-2/h3-6H,14H2,1-2H3,(H,15,16,17). The van der Waals surface area contributed by atoms with Gasteiger partial charge in [0.05, 0.1) is 18.5 Å². The molecule has 0 saturated heterocycles. The summed E-state index contributed by atoms with van der Waals surface area (Å²) in [5.74, 6) is 0.382. The number of halogens is 1. The lowest BCUT2D eigenvalue weighted by Crippen LogP contribution is -2.02. The summed E-state index contributed by atoms with van der Waals surface area (Å²) in [4.78, 5) is 8.29. The first-order chi connectivity index (χ1) is 9.13. The van der Waals surface area contributed by atoms with Crippen molar-refractivity contribution in [2.75, 3.05) is 24.4 Å². The van der Waals surface area contributed by atoms with Crippen molar-refractivity contribution < 1.29 is 9.13 Å². The van der Waals surface area contributed by atoms with Crippen LogP contribution in [-0.2, 0) is 0 Å². The van der Waals surface area contributed by atoms with Gasteiger partial charge in [-0.05, 0) is 12.3 Å². The van der Waals surface area contributed by atoms with Gasteiger partial charge in [0, 0.05) is 18.3 Å². The first-order valence-electron chi connectivity index (χ1n) is 5.41. The molecule has 7 heteroatoms. The molecule has 1 aromatic carbocycles. The first kappa shape index (κ1) is 13.4. The molecule has 0 unspecified atom stereocenters. The topological polar surface area (TPSA) is 73.1 Å². The third-order valence-electron chi connectivity index (χ3n) is 2.42. The van der Waals surface area contributed by atoms with Gasteiger partial charge in [0.1, 0.15) is 11.6 Å². The van der Waals surface area contributed by atoms with E-state index in [1.54, 1.807) is 18.3 Å². The van der Waals surface area contributed by atoms with Crippen LogP contribution in [0.5, 0.6) is 5.75 Å². The molecule has 0 atom stereocenters. The molecule has 5 nitrogen and oxygen atoms in total. The van der Waals surface area contributed by atoms with Gasteiger partial charge in [-0.15, -0.1) is 0 Å². The van der Waals surface area contributed by atoms with Crippen LogP contribution in [0.15, 0.2) is 29.6 Å². The first-order valence-corrected chi connectivity index (χ1v) is 6.63. The summed E-state index contributed by atoms with van der Waals surface area (Å²) in [6.45, 7) is 0. The van der Waals surface area contributed by atoms with Gasteiger partial charge in [0.2, 0.25) is 0 Å². The number of nitrogens with zero attached hydrogens (tertiary/aromatic N) is 2. The Kier molecular flexibility index (Phi) is 4.06. The Balaban J connectivity index is 2.34. The SMILES string of the molecule is COc1cc(F)c(N)c(Nc2ccnc(SC)n2)c1. The van der Waals surface area contributed by atoms with E-state index in [4.69, 9.17) is 10.5 Å². The van der Waals surface area contributed by atoms with Crippen LogP contribution in [0, 0.1) is 5.82 Å². The van der Waals surface area contributed by atoms with Crippen molar-refractivity contribution in [2.45, 2.75) is 5.16 Å². The summed E-state index contributed by atoms with van der Waals surface area (Å²) < 4.78 is 18.6. The highest BCUT2D eigenvalue weighted by Gasteiger charge is 2.09. The normalized spacial score (nSPS) is 10.3. The molecule has 100 valence electrons. The van der Waals surface area contributed by atoms with Crippen LogP contribution in [0.25, 0.3) is 0 Å². The third kappa shape index (κ3) is 3.05. The fraction of sp³-hybridized carbons (Fsp3) is 0.167. The van der Waals surface area contributed by atoms with E-state index in [1.165, 1.54) is 24.9 Å². The molecule has 0 aliphatic carbocycles. The number of anilines is 3. The van der Waals surface area contributed by atoms with Crippen molar-refractivity contribution in [2.24, 2.45) is 0 Å². The Labute approximate surface area is 114 Å². The zero-order valence-corrected chi connectivity index (χ0v) is 11.3. The summed E-state index contributed by atoms with van der Waals surface area (Å²) >= 11 is 1.42. The minimum Gasteiger partial charge on any atom is -0.497 e. The third-order valence-corrected chi connectivity index (χ3v) is 2.98. The van der Waals surface area contributed by atoms with Crippen LogP contribution in [0.4, 0.5) is 21.6 Å². The highest BCUT2D eigenvalue weighted by molar-refractivity contribution is 7.98. The van der Waals surface area contributed by atoms with Crippen molar-refractivity contribution in [3.63, 3.8) is 0 Å². The van der Waals surface area contributed by atoms with Gasteiger partial charge in [-0.3, -0.25) is 0 Å². The molecule has 0 bridgehead atoms. The maximum Gasteiger partial charge on any atom is 0.189 e. The Morgan fingerprint density at radius 3 is 2.89 bits per heavy atom. The van der Waals surface area contributed by atoms with Crippen molar-refractivity contribution in [3.05, 3.63) is 30.2 Å². The Hall–Kier alpha value is -2.02. The molecule has 0 radical (unpaired) electrons. The summed E-state index contributed by atoms with van der Waals surface area (Å²) in [5.41, 5.74) is 6.11. The Morgan fingerprint density at radius 1 is 1.42 bits per heavy atom. The van der Waals surface area contributed by atoms with E-state index >= 15 is 0 Å².